The maximum absolute atomic E-state index is 12.6. The third kappa shape index (κ3) is 4.24. The number of carboxylic acids is 1. The molecule has 1 heterocycles. The number of aromatic nitrogens is 1. The Labute approximate surface area is 123 Å². The molecule has 0 radical (unpaired) electrons. The predicted octanol–water partition coefficient (Wildman–Crippen LogP) is 1.22. The van der Waals surface area contributed by atoms with Gasteiger partial charge in [0.2, 0.25) is 10.0 Å². The maximum atomic E-state index is 12.6. The Bertz CT molecular complexity index is 654. The van der Waals surface area contributed by atoms with E-state index < -0.39 is 21.5 Å². The minimum atomic E-state index is -3.88. The van der Waals surface area contributed by atoms with Crippen molar-refractivity contribution < 1.29 is 18.3 Å². The van der Waals surface area contributed by atoms with Gasteiger partial charge in [-0.15, -0.1) is 0 Å². The molecule has 0 bridgehead atoms. The summed E-state index contributed by atoms with van der Waals surface area (Å²) in [7, 11) is -3.88. The van der Waals surface area contributed by atoms with Crippen LogP contribution in [0.1, 0.15) is 32.9 Å². The zero-order chi connectivity index (χ0) is 16.3. The number of carbonyl (C=O) groups is 1. The Kier molecular flexibility index (Phi) is 5.04. The van der Waals surface area contributed by atoms with Crippen molar-refractivity contribution in [3.05, 3.63) is 24.0 Å². The molecular formula is C13H17N3O4S. The summed E-state index contributed by atoms with van der Waals surface area (Å²) in [5, 5.41) is 17.4. The number of rotatable bonds is 5. The number of pyridine rings is 1. The monoisotopic (exact) mass is 311 g/mol. The Morgan fingerprint density at radius 1 is 1.43 bits per heavy atom. The average Bonchev–Trinajstić information content (AvgIpc) is 2.36. The molecule has 0 saturated carbocycles. The van der Waals surface area contributed by atoms with Crippen molar-refractivity contribution in [3.63, 3.8) is 0 Å². The van der Waals surface area contributed by atoms with Gasteiger partial charge in [0.1, 0.15) is 16.7 Å². The molecule has 0 atom stereocenters. The number of nitrogens with zero attached hydrogens (tertiary/aromatic N) is 3. The van der Waals surface area contributed by atoms with E-state index in [9.17, 15) is 13.2 Å². The van der Waals surface area contributed by atoms with E-state index in [1.807, 2.05) is 6.07 Å². The number of hydrogen-bond acceptors (Lipinski definition) is 5. The quantitative estimate of drug-likeness (QED) is 0.875. The highest BCUT2D eigenvalue weighted by Crippen LogP contribution is 2.24. The largest absolute Gasteiger partial charge is 0.481 e. The Balaban J connectivity index is 3.20. The fraction of sp³-hybridized carbons (Fsp3) is 0.462. The first-order valence-corrected chi connectivity index (χ1v) is 7.64. The lowest BCUT2D eigenvalue weighted by molar-refractivity contribution is -0.137. The molecule has 1 rings (SSSR count). The third-order valence-corrected chi connectivity index (χ3v) is 4.86. The van der Waals surface area contributed by atoms with Gasteiger partial charge in [0.15, 0.2) is 0 Å². The third-order valence-electron chi connectivity index (χ3n) is 2.72. The average molecular weight is 311 g/mol. The topological polar surface area (TPSA) is 111 Å². The molecule has 1 aromatic rings. The summed E-state index contributed by atoms with van der Waals surface area (Å²) in [5.41, 5.74) is -0.663. The van der Waals surface area contributed by atoms with Gasteiger partial charge in [0.05, 0.1) is 6.42 Å². The van der Waals surface area contributed by atoms with Crippen LogP contribution in [0.4, 0.5) is 0 Å². The lowest BCUT2D eigenvalue weighted by atomic mass is 10.1. The zero-order valence-electron chi connectivity index (χ0n) is 12.1. The lowest BCUT2D eigenvalue weighted by Gasteiger charge is -2.34. The van der Waals surface area contributed by atoms with Crippen LogP contribution in [0, 0.1) is 11.3 Å². The molecule has 0 saturated heterocycles. The summed E-state index contributed by atoms with van der Waals surface area (Å²) < 4.78 is 26.3. The second kappa shape index (κ2) is 6.20. The van der Waals surface area contributed by atoms with Gasteiger partial charge in [0, 0.05) is 18.3 Å². The summed E-state index contributed by atoms with van der Waals surface area (Å²) in [6.07, 6.45) is 0.813. The van der Waals surface area contributed by atoms with Crippen molar-refractivity contribution in [2.45, 2.75) is 37.6 Å². The van der Waals surface area contributed by atoms with Gasteiger partial charge >= 0.3 is 5.97 Å². The number of sulfonamides is 1. The molecule has 0 aliphatic rings. The molecule has 114 valence electrons. The van der Waals surface area contributed by atoms with Gasteiger partial charge < -0.3 is 5.11 Å². The van der Waals surface area contributed by atoms with Crippen molar-refractivity contribution in [1.82, 2.24) is 9.29 Å². The predicted molar refractivity (Wildman–Crippen MR) is 74.8 cm³/mol. The molecule has 0 spiro atoms. The first-order valence-electron chi connectivity index (χ1n) is 6.20. The number of aliphatic carboxylic acids is 1. The highest BCUT2D eigenvalue weighted by molar-refractivity contribution is 7.89. The van der Waals surface area contributed by atoms with Gasteiger partial charge in [0.25, 0.3) is 0 Å². The van der Waals surface area contributed by atoms with Gasteiger partial charge in [-0.1, -0.05) is 0 Å². The van der Waals surface area contributed by atoms with Crippen LogP contribution in [0.2, 0.25) is 0 Å². The molecule has 0 aliphatic carbocycles. The normalized spacial score (nSPS) is 12.1. The minimum Gasteiger partial charge on any atom is -0.481 e. The number of carboxylic acid groups (broad SMARTS) is 1. The fourth-order valence-corrected chi connectivity index (χ4v) is 3.47. The first kappa shape index (κ1) is 17.1. The molecule has 0 amide bonds. The maximum Gasteiger partial charge on any atom is 0.304 e. The molecule has 0 aromatic carbocycles. The van der Waals surface area contributed by atoms with E-state index in [1.165, 1.54) is 12.1 Å². The molecule has 1 aromatic heterocycles. The van der Waals surface area contributed by atoms with Crippen molar-refractivity contribution in [2.24, 2.45) is 0 Å². The fourth-order valence-electron chi connectivity index (χ4n) is 1.74. The van der Waals surface area contributed by atoms with Crippen molar-refractivity contribution in [2.75, 3.05) is 6.54 Å². The Morgan fingerprint density at radius 3 is 2.43 bits per heavy atom. The molecular weight excluding hydrogens is 294 g/mol. The van der Waals surface area contributed by atoms with Crippen LogP contribution in [-0.4, -0.2) is 40.9 Å². The van der Waals surface area contributed by atoms with Crippen LogP contribution in [0.3, 0.4) is 0 Å². The van der Waals surface area contributed by atoms with Gasteiger partial charge in [-0.2, -0.15) is 9.57 Å². The smallest absolute Gasteiger partial charge is 0.304 e. The highest BCUT2D eigenvalue weighted by atomic mass is 32.2. The van der Waals surface area contributed by atoms with Gasteiger partial charge in [-0.3, -0.25) is 4.79 Å². The number of nitriles is 1. The van der Waals surface area contributed by atoms with Crippen LogP contribution in [0.5, 0.6) is 0 Å². The minimum absolute atomic E-state index is 0.0678. The van der Waals surface area contributed by atoms with Gasteiger partial charge in [-0.05, 0) is 32.9 Å². The van der Waals surface area contributed by atoms with E-state index in [0.717, 1.165) is 10.5 Å². The molecule has 1 N–H and O–H groups in total. The van der Waals surface area contributed by atoms with E-state index in [2.05, 4.69) is 4.98 Å². The van der Waals surface area contributed by atoms with Crippen molar-refractivity contribution in [1.29, 1.82) is 5.26 Å². The molecule has 0 unspecified atom stereocenters. The first-order chi connectivity index (χ1) is 9.59. The van der Waals surface area contributed by atoms with E-state index in [1.54, 1.807) is 20.8 Å². The standard InChI is InChI=1S/C13H17N3O4S/c1-13(2,3)16(7-6-12(17)18)21(19,20)11-5-4-10(8-14)15-9-11/h4-5,9H,6-7H2,1-3H3,(H,17,18). The summed E-state index contributed by atoms with van der Waals surface area (Å²) in [5.74, 6) is -1.07. The highest BCUT2D eigenvalue weighted by Gasteiger charge is 2.34. The second-order valence-electron chi connectivity index (χ2n) is 5.38. The molecule has 7 nitrogen and oxygen atoms in total. The summed E-state index contributed by atoms with van der Waals surface area (Å²) in [6.45, 7) is 4.91. The van der Waals surface area contributed by atoms with Crippen LogP contribution in [0.25, 0.3) is 0 Å². The second-order valence-corrected chi connectivity index (χ2v) is 7.24. The van der Waals surface area contributed by atoms with E-state index in [4.69, 9.17) is 10.4 Å². The molecule has 8 heteroatoms. The lowest BCUT2D eigenvalue weighted by Crippen LogP contribution is -2.46. The molecule has 21 heavy (non-hydrogen) atoms. The SMILES string of the molecule is CC(C)(C)N(CCC(=O)O)S(=O)(=O)c1ccc(C#N)nc1. The van der Waals surface area contributed by atoms with Crippen molar-refractivity contribution >= 4 is 16.0 Å². The number of hydrogen-bond donors (Lipinski definition) is 1. The summed E-state index contributed by atoms with van der Waals surface area (Å²) >= 11 is 0. The van der Waals surface area contributed by atoms with Crippen LogP contribution >= 0.6 is 0 Å². The van der Waals surface area contributed by atoms with Crippen molar-refractivity contribution in [3.8, 4) is 6.07 Å². The summed E-state index contributed by atoms with van der Waals surface area (Å²) in [6, 6.07) is 4.41. The van der Waals surface area contributed by atoms with E-state index in [-0.39, 0.29) is 23.6 Å². The summed E-state index contributed by atoms with van der Waals surface area (Å²) in [4.78, 5) is 14.4. The van der Waals surface area contributed by atoms with Crippen LogP contribution < -0.4 is 0 Å². The Hall–Kier alpha value is -1.98. The molecule has 0 fully saturated rings. The van der Waals surface area contributed by atoms with E-state index >= 15 is 0 Å². The zero-order valence-corrected chi connectivity index (χ0v) is 12.9. The Morgan fingerprint density at radius 2 is 2.05 bits per heavy atom. The molecule has 0 aliphatic heterocycles. The van der Waals surface area contributed by atoms with Gasteiger partial charge in [-0.25, -0.2) is 13.4 Å². The van der Waals surface area contributed by atoms with Crippen LogP contribution in [0.15, 0.2) is 23.2 Å². The van der Waals surface area contributed by atoms with E-state index in [0.29, 0.717) is 0 Å². The van der Waals surface area contributed by atoms with Crippen LogP contribution in [-0.2, 0) is 14.8 Å².